The summed E-state index contributed by atoms with van der Waals surface area (Å²) >= 11 is 2.17. The number of hydrogen-bond donors (Lipinski definition) is 2. The zero-order chi connectivity index (χ0) is 11.8. The third-order valence-corrected chi connectivity index (χ3v) is 3.07. The normalized spacial score (nSPS) is 11.9. The van der Waals surface area contributed by atoms with Crippen molar-refractivity contribution in [3.63, 3.8) is 0 Å². The van der Waals surface area contributed by atoms with Crippen LogP contribution in [0.5, 0.6) is 0 Å². The predicted molar refractivity (Wildman–Crippen MR) is 71.5 cm³/mol. The van der Waals surface area contributed by atoms with Gasteiger partial charge in [-0.25, -0.2) is 4.79 Å². The van der Waals surface area contributed by atoms with Crippen molar-refractivity contribution >= 4 is 28.7 Å². The van der Waals surface area contributed by atoms with E-state index in [4.69, 9.17) is 10.5 Å². The first kappa shape index (κ1) is 13.2. The minimum atomic E-state index is -0.420. The third kappa shape index (κ3) is 4.80. The number of hydrogen-bond acceptors (Lipinski definition) is 3. The molecule has 0 saturated heterocycles. The van der Waals surface area contributed by atoms with Crippen molar-refractivity contribution < 1.29 is 9.53 Å². The number of rotatable bonds is 5. The van der Waals surface area contributed by atoms with Crippen molar-refractivity contribution in [3.8, 4) is 0 Å². The fourth-order valence-corrected chi connectivity index (χ4v) is 1.67. The molecule has 0 unspecified atom stereocenters. The van der Waals surface area contributed by atoms with Crippen LogP contribution in [0.3, 0.4) is 0 Å². The summed E-state index contributed by atoms with van der Waals surface area (Å²) in [7, 11) is 0. The largest absolute Gasteiger partial charge is 0.445 e. The van der Waals surface area contributed by atoms with Gasteiger partial charge in [0.25, 0.3) is 0 Å². The molecule has 5 heteroatoms. The molecule has 1 rings (SSSR count). The average molecular weight is 334 g/mol. The standard InChI is InChI=1S/C11H15IN2O2/c12-6-10(7-13)14-11(15)16-8-9-4-2-1-3-5-9/h1-5,10H,6-8,13H2,(H,14,15)/t10-/m0/s1. The number of amides is 1. The number of alkyl halides is 1. The van der Waals surface area contributed by atoms with Gasteiger partial charge in [0.2, 0.25) is 0 Å². The molecule has 0 fully saturated rings. The number of halogens is 1. The van der Waals surface area contributed by atoms with Gasteiger partial charge in [0.15, 0.2) is 0 Å². The number of carbonyl (C=O) groups excluding carboxylic acids is 1. The van der Waals surface area contributed by atoms with Gasteiger partial charge in [-0.15, -0.1) is 0 Å². The highest BCUT2D eigenvalue weighted by molar-refractivity contribution is 14.1. The lowest BCUT2D eigenvalue weighted by Crippen LogP contribution is -2.41. The molecular weight excluding hydrogens is 319 g/mol. The summed E-state index contributed by atoms with van der Waals surface area (Å²) < 4.78 is 5.83. The summed E-state index contributed by atoms with van der Waals surface area (Å²) in [5, 5.41) is 2.69. The molecule has 0 saturated carbocycles. The maximum atomic E-state index is 11.4. The molecule has 1 aromatic carbocycles. The smallest absolute Gasteiger partial charge is 0.407 e. The molecule has 0 aromatic heterocycles. The van der Waals surface area contributed by atoms with Crippen LogP contribution < -0.4 is 11.1 Å². The molecule has 0 spiro atoms. The van der Waals surface area contributed by atoms with Crippen LogP contribution >= 0.6 is 22.6 Å². The summed E-state index contributed by atoms with van der Waals surface area (Å²) in [5.74, 6) is 0. The molecule has 1 aromatic rings. The highest BCUT2D eigenvalue weighted by atomic mass is 127. The molecule has 1 atom stereocenters. The van der Waals surface area contributed by atoms with E-state index in [2.05, 4.69) is 27.9 Å². The first-order chi connectivity index (χ1) is 7.76. The van der Waals surface area contributed by atoms with Gasteiger partial charge in [-0.1, -0.05) is 52.9 Å². The highest BCUT2D eigenvalue weighted by Gasteiger charge is 2.09. The van der Waals surface area contributed by atoms with Gasteiger partial charge >= 0.3 is 6.09 Å². The van der Waals surface area contributed by atoms with E-state index in [1.807, 2.05) is 30.3 Å². The van der Waals surface area contributed by atoms with E-state index in [1.165, 1.54) is 0 Å². The number of alkyl carbamates (subject to hydrolysis) is 1. The van der Waals surface area contributed by atoms with E-state index in [0.29, 0.717) is 6.54 Å². The zero-order valence-electron chi connectivity index (χ0n) is 8.86. The number of nitrogens with one attached hydrogen (secondary N) is 1. The first-order valence-corrected chi connectivity index (χ1v) is 6.52. The zero-order valence-corrected chi connectivity index (χ0v) is 11.0. The molecule has 3 N–H and O–H groups in total. The summed E-state index contributed by atoms with van der Waals surface area (Å²) in [6.07, 6.45) is -0.420. The maximum absolute atomic E-state index is 11.4. The van der Waals surface area contributed by atoms with Crippen LogP contribution in [0.2, 0.25) is 0 Å². The monoisotopic (exact) mass is 334 g/mol. The van der Waals surface area contributed by atoms with Crippen LogP contribution in [0.4, 0.5) is 4.79 Å². The van der Waals surface area contributed by atoms with Crippen LogP contribution in [0.1, 0.15) is 5.56 Å². The van der Waals surface area contributed by atoms with Crippen LogP contribution in [0.15, 0.2) is 30.3 Å². The molecule has 0 radical (unpaired) electrons. The lowest BCUT2D eigenvalue weighted by Gasteiger charge is -2.13. The fraction of sp³-hybridized carbons (Fsp3) is 0.364. The molecule has 0 aliphatic rings. The van der Waals surface area contributed by atoms with Gasteiger partial charge in [-0.3, -0.25) is 0 Å². The third-order valence-electron chi connectivity index (χ3n) is 2.01. The lowest BCUT2D eigenvalue weighted by atomic mass is 10.2. The van der Waals surface area contributed by atoms with Crippen molar-refractivity contribution in [3.05, 3.63) is 35.9 Å². The van der Waals surface area contributed by atoms with Crippen LogP contribution in [0.25, 0.3) is 0 Å². The topological polar surface area (TPSA) is 64.3 Å². The van der Waals surface area contributed by atoms with Crippen LogP contribution in [-0.4, -0.2) is 23.1 Å². The van der Waals surface area contributed by atoms with E-state index in [0.717, 1.165) is 9.99 Å². The number of benzene rings is 1. The van der Waals surface area contributed by atoms with Gasteiger partial charge in [-0.05, 0) is 5.56 Å². The quantitative estimate of drug-likeness (QED) is 0.636. The summed E-state index contributed by atoms with van der Waals surface area (Å²) in [5.41, 5.74) is 6.43. The van der Waals surface area contributed by atoms with Gasteiger partial charge in [0.05, 0.1) is 6.04 Å². The van der Waals surface area contributed by atoms with E-state index in [9.17, 15) is 4.79 Å². The van der Waals surface area contributed by atoms with Crippen molar-refractivity contribution in [2.45, 2.75) is 12.6 Å². The van der Waals surface area contributed by atoms with E-state index < -0.39 is 6.09 Å². The molecular formula is C11H15IN2O2. The average Bonchev–Trinajstić information content (AvgIpc) is 2.34. The van der Waals surface area contributed by atoms with Gasteiger partial charge < -0.3 is 15.8 Å². The van der Waals surface area contributed by atoms with Gasteiger partial charge in [0, 0.05) is 11.0 Å². The fourth-order valence-electron chi connectivity index (χ4n) is 1.09. The molecule has 4 nitrogen and oxygen atoms in total. The molecule has 16 heavy (non-hydrogen) atoms. The Morgan fingerprint density at radius 2 is 2.12 bits per heavy atom. The Hall–Kier alpha value is -0.820. The summed E-state index contributed by atoms with van der Waals surface area (Å²) in [6.45, 7) is 0.703. The lowest BCUT2D eigenvalue weighted by molar-refractivity contribution is 0.137. The Morgan fingerprint density at radius 3 is 2.69 bits per heavy atom. The molecule has 1 amide bonds. The minimum Gasteiger partial charge on any atom is -0.445 e. The van der Waals surface area contributed by atoms with Crippen molar-refractivity contribution in [1.82, 2.24) is 5.32 Å². The second-order valence-corrected chi connectivity index (χ2v) is 4.17. The Balaban J connectivity index is 2.30. The molecule has 0 bridgehead atoms. The van der Waals surface area contributed by atoms with Crippen LogP contribution in [-0.2, 0) is 11.3 Å². The molecule has 88 valence electrons. The van der Waals surface area contributed by atoms with Crippen molar-refractivity contribution in [2.24, 2.45) is 5.73 Å². The second kappa shape index (κ2) is 7.45. The number of carbonyl (C=O) groups is 1. The van der Waals surface area contributed by atoms with E-state index >= 15 is 0 Å². The Labute approximate surface area is 109 Å². The molecule has 0 aliphatic heterocycles. The molecule has 0 heterocycles. The predicted octanol–water partition coefficient (Wildman–Crippen LogP) is 1.68. The van der Waals surface area contributed by atoms with Gasteiger partial charge in [0.1, 0.15) is 6.61 Å². The Kier molecular flexibility index (Phi) is 6.17. The Bertz CT molecular complexity index is 315. The van der Waals surface area contributed by atoms with E-state index in [-0.39, 0.29) is 12.6 Å². The first-order valence-electron chi connectivity index (χ1n) is 4.99. The number of nitrogens with two attached hydrogens (primary N) is 1. The summed E-state index contributed by atoms with van der Waals surface area (Å²) in [6, 6.07) is 9.53. The Morgan fingerprint density at radius 1 is 1.44 bits per heavy atom. The molecule has 0 aliphatic carbocycles. The number of ether oxygens (including phenoxy) is 1. The highest BCUT2D eigenvalue weighted by Crippen LogP contribution is 2.00. The summed E-state index contributed by atoms with van der Waals surface area (Å²) in [4.78, 5) is 11.4. The van der Waals surface area contributed by atoms with Gasteiger partial charge in [-0.2, -0.15) is 0 Å². The SMILES string of the molecule is NC[C@H](CI)NC(=O)OCc1ccccc1. The maximum Gasteiger partial charge on any atom is 0.407 e. The minimum absolute atomic E-state index is 0.0242. The van der Waals surface area contributed by atoms with Crippen LogP contribution in [0, 0.1) is 0 Å². The van der Waals surface area contributed by atoms with Crippen molar-refractivity contribution in [2.75, 3.05) is 11.0 Å². The van der Waals surface area contributed by atoms with E-state index in [1.54, 1.807) is 0 Å². The second-order valence-electron chi connectivity index (χ2n) is 3.29. The van der Waals surface area contributed by atoms with Crippen molar-refractivity contribution in [1.29, 1.82) is 0 Å².